The van der Waals surface area contributed by atoms with Gasteiger partial charge in [0.05, 0.1) is 13.2 Å². The molecule has 0 spiro atoms. The zero-order valence-electron chi connectivity index (χ0n) is 13.0. The summed E-state index contributed by atoms with van der Waals surface area (Å²) < 4.78 is 23.6. The first-order valence-corrected chi connectivity index (χ1v) is 9.48. The summed E-state index contributed by atoms with van der Waals surface area (Å²) in [5.74, 6) is -1.77. The van der Waals surface area contributed by atoms with E-state index in [2.05, 4.69) is 0 Å². The van der Waals surface area contributed by atoms with Gasteiger partial charge < -0.3 is 19.3 Å². The molecule has 0 amide bonds. The van der Waals surface area contributed by atoms with E-state index in [1.165, 1.54) is 18.2 Å². The van der Waals surface area contributed by atoms with Crippen LogP contribution in [0.4, 0.5) is 0 Å². The summed E-state index contributed by atoms with van der Waals surface area (Å²) >= 11 is 5.87. The maximum absolute atomic E-state index is 12.9. The van der Waals surface area contributed by atoms with Crippen LogP contribution < -0.4 is 0 Å². The van der Waals surface area contributed by atoms with Crippen molar-refractivity contribution in [2.45, 2.75) is 45.4 Å². The van der Waals surface area contributed by atoms with Crippen LogP contribution in [0.5, 0.6) is 5.75 Å². The second-order valence-electron chi connectivity index (χ2n) is 4.99. The summed E-state index contributed by atoms with van der Waals surface area (Å²) in [6, 6.07) is 4.18. The molecule has 0 fully saturated rings. The van der Waals surface area contributed by atoms with Crippen molar-refractivity contribution in [2.24, 2.45) is 0 Å². The van der Waals surface area contributed by atoms with E-state index in [0.717, 1.165) is 12.8 Å². The van der Waals surface area contributed by atoms with Crippen molar-refractivity contribution in [1.82, 2.24) is 0 Å². The highest BCUT2D eigenvalue weighted by Gasteiger charge is 2.37. The molecule has 0 aromatic heterocycles. The predicted octanol–water partition coefficient (Wildman–Crippen LogP) is 4.86. The van der Waals surface area contributed by atoms with Crippen molar-refractivity contribution in [1.29, 1.82) is 0 Å². The number of aliphatic hydroxyl groups excluding tert-OH is 1. The number of aromatic hydroxyl groups is 1. The number of benzene rings is 1. The fourth-order valence-electron chi connectivity index (χ4n) is 1.75. The quantitative estimate of drug-likeness (QED) is 0.465. The van der Waals surface area contributed by atoms with Crippen LogP contribution in [0, 0.1) is 0 Å². The van der Waals surface area contributed by atoms with Crippen LogP contribution in [0.3, 0.4) is 0 Å². The molecule has 1 unspecified atom stereocenters. The molecular weight excluding hydrogens is 327 g/mol. The molecule has 7 heteroatoms. The lowest BCUT2D eigenvalue weighted by molar-refractivity contribution is 0.138. The number of halogens is 1. The van der Waals surface area contributed by atoms with Crippen molar-refractivity contribution in [3.63, 3.8) is 0 Å². The first-order valence-electron chi connectivity index (χ1n) is 7.49. The Balaban J connectivity index is 2.96. The molecule has 0 aliphatic carbocycles. The number of unbranched alkanes of at least 4 members (excludes halogenated alkanes) is 2. The molecule has 1 aromatic rings. The second kappa shape index (κ2) is 9.53. The molecule has 0 aliphatic heterocycles. The molecule has 0 heterocycles. The topological polar surface area (TPSA) is 76.0 Å². The van der Waals surface area contributed by atoms with Gasteiger partial charge in [-0.05, 0) is 31.0 Å². The summed E-state index contributed by atoms with van der Waals surface area (Å²) in [6.07, 6.45) is 3.14. The molecule has 1 rings (SSSR count). The zero-order valence-corrected chi connectivity index (χ0v) is 14.6. The molecule has 0 saturated heterocycles. The van der Waals surface area contributed by atoms with Crippen molar-refractivity contribution < 1.29 is 23.8 Å². The Morgan fingerprint density at radius 3 is 2.23 bits per heavy atom. The lowest BCUT2D eigenvalue weighted by Gasteiger charge is -2.24. The Labute approximate surface area is 136 Å². The summed E-state index contributed by atoms with van der Waals surface area (Å²) in [5.41, 5.74) is 0.0452. The van der Waals surface area contributed by atoms with Crippen LogP contribution >= 0.6 is 19.2 Å². The van der Waals surface area contributed by atoms with Crippen LogP contribution in [0.1, 0.15) is 50.9 Å². The maximum Gasteiger partial charge on any atom is 0.363 e. The molecule has 22 heavy (non-hydrogen) atoms. The predicted molar refractivity (Wildman–Crippen MR) is 87.4 cm³/mol. The van der Waals surface area contributed by atoms with Gasteiger partial charge >= 0.3 is 7.60 Å². The number of hydrogen-bond donors (Lipinski definition) is 2. The van der Waals surface area contributed by atoms with Gasteiger partial charge in [0, 0.05) is 10.6 Å². The normalized spacial score (nSPS) is 13.3. The third-order valence-corrected chi connectivity index (χ3v) is 5.30. The zero-order chi connectivity index (χ0) is 16.6. The van der Waals surface area contributed by atoms with Crippen LogP contribution in [0.15, 0.2) is 18.2 Å². The van der Waals surface area contributed by atoms with E-state index in [4.69, 9.17) is 20.6 Å². The highest BCUT2D eigenvalue weighted by Crippen LogP contribution is 2.61. The van der Waals surface area contributed by atoms with Crippen LogP contribution in [-0.2, 0) is 13.6 Å². The van der Waals surface area contributed by atoms with Gasteiger partial charge in [0.25, 0.3) is 0 Å². The number of phenols is 1. The molecule has 1 aromatic carbocycles. The molecule has 126 valence electrons. The highest BCUT2D eigenvalue weighted by molar-refractivity contribution is 7.54. The number of hydrogen-bond acceptors (Lipinski definition) is 5. The Bertz CT molecular complexity index is 495. The third kappa shape index (κ3) is 5.56. The van der Waals surface area contributed by atoms with Crippen molar-refractivity contribution in [3.8, 4) is 5.75 Å². The molecule has 2 N–H and O–H groups in total. The number of rotatable bonds is 10. The summed E-state index contributed by atoms with van der Waals surface area (Å²) in [5, 5.41) is 20.6. The average molecular weight is 351 g/mol. The van der Waals surface area contributed by atoms with Gasteiger partial charge in [-0.15, -0.1) is 0 Å². The second-order valence-corrected chi connectivity index (χ2v) is 7.51. The molecule has 5 nitrogen and oxygen atoms in total. The van der Waals surface area contributed by atoms with Crippen molar-refractivity contribution >= 4 is 19.2 Å². The molecule has 0 aliphatic rings. The fourth-order valence-corrected chi connectivity index (χ4v) is 3.61. The SMILES string of the molecule is CCCCOP(=O)(OCCCC)C(O)c1cc(Cl)ccc1O. The van der Waals surface area contributed by atoms with Gasteiger partial charge in [-0.25, -0.2) is 0 Å². The molecular formula is C15H24ClO5P. The number of phenolic OH excluding ortho intramolecular Hbond substituents is 1. The smallest absolute Gasteiger partial charge is 0.363 e. The van der Waals surface area contributed by atoms with Gasteiger partial charge in [0.2, 0.25) is 0 Å². The lowest BCUT2D eigenvalue weighted by atomic mass is 10.2. The van der Waals surface area contributed by atoms with Gasteiger partial charge in [0.1, 0.15) is 5.75 Å². The molecule has 0 radical (unpaired) electrons. The van der Waals surface area contributed by atoms with E-state index in [0.29, 0.717) is 17.9 Å². The Kier molecular flexibility index (Phi) is 8.44. The first kappa shape index (κ1) is 19.5. The van der Waals surface area contributed by atoms with Gasteiger partial charge in [-0.3, -0.25) is 4.57 Å². The van der Waals surface area contributed by atoms with Gasteiger partial charge in [-0.2, -0.15) is 0 Å². The van der Waals surface area contributed by atoms with Gasteiger partial charge in [0.15, 0.2) is 5.85 Å². The maximum atomic E-state index is 12.9. The van der Waals surface area contributed by atoms with Crippen molar-refractivity contribution in [2.75, 3.05) is 13.2 Å². The lowest BCUT2D eigenvalue weighted by Crippen LogP contribution is -2.08. The van der Waals surface area contributed by atoms with Gasteiger partial charge in [-0.1, -0.05) is 38.3 Å². The van der Waals surface area contributed by atoms with E-state index in [1.807, 2.05) is 13.8 Å². The molecule has 0 saturated carbocycles. The third-order valence-electron chi connectivity index (χ3n) is 3.11. The standard InChI is InChI=1S/C15H24ClO5P/c1-3-5-9-20-22(19,21-10-6-4-2)15(18)13-11-12(16)7-8-14(13)17/h7-8,11,15,17-18H,3-6,9-10H2,1-2H3. The molecule has 1 atom stereocenters. The van der Waals surface area contributed by atoms with E-state index >= 15 is 0 Å². The van der Waals surface area contributed by atoms with E-state index in [1.54, 1.807) is 0 Å². The molecule has 0 bridgehead atoms. The largest absolute Gasteiger partial charge is 0.508 e. The number of aliphatic hydroxyl groups is 1. The Morgan fingerprint density at radius 2 is 1.73 bits per heavy atom. The highest BCUT2D eigenvalue weighted by atomic mass is 35.5. The first-order chi connectivity index (χ1) is 10.4. The van der Waals surface area contributed by atoms with Crippen LogP contribution in [-0.4, -0.2) is 23.4 Å². The van der Waals surface area contributed by atoms with Crippen LogP contribution in [0.2, 0.25) is 5.02 Å². The monoisotopic (exact) mass is 350 g/mol. The summed E-state index contributed by atoms with van der Waals surface area (Å²) in [4.78, 5) is 0. The minimum Gasteiger partial charge on any atom is -0.508 e. The Morgan fingerprint density at radius 1 is 1.18 bits per heavy atom. The van der Waals surface area contributed by atoms with Crippen LogP contribution in [0.25, 0.3) is 0 Å². The van der Waals surface area contributed by atoms with E-state index in [9.17, 15) is 14.8 Å². The van der Waals surface area contributed by atoms with Crippen molar-refractivity contribution in [3.05, 3.63) is 28.8 Å². The average Bonchev–Trinajstić information content (AvgIpc) is 2.49. The summed E-state index contributed by atoms with van der Waals surface area (Å²) in [7, 11) is -3.80. The Hall–Kier alpha value is -0.580. The van der Waals surface area contributed by atoms with E-state index in [-0.39, 0.29) is 24.5 Å². The summed E-state index contributed by atoms with van der Waals surface area (Å²) in [6.45, 7) is 4.40. The minimum atomic E-state index is -3.80. The fraction of sp³-hybridized carbons (Fsp3) is 0.600. The minimum absolute atomic E-state index is 0.0452. The van der Waals surface area contributed by atoms with E-state index < -0.39 is 13.4 Å².